The van der Waals surface area contributed by atoms with Crippen molar-refractivity contribution in [3.8, 4) is 0 Å². The molecule has 0 radical (unpaired) electrons. The Balaban J connectivity index is 1.84. The zero-order chi connectivity index (χ0) is 24.0. The molecule has 0 heterocycles. The second-order valence-electron chi connectivity index (χ2n) is 8.35. The first kappa shape index (κ1) is 25.1. The van der Waals surface area contributed by atoms with Gasteiger partial charge in [0.15, 0.2) is 0 Å². The van der Waals surface area contributed by atoms with Gasteiger partial charge in [0.2, 0.25) is 11.8 Å². The predicted octanol–water partition coefficient (Wildman–Crippen LogP) is 6.41. The predicted molar refractivity (Wildman–Crippen MR) is 137 cm³/mol. The Kier molecular flexibility index (Phi) is 8.76. The lowest BCUT2D eigenvalue weighted by Crippen LogP contribution is -2.49. The van der Waals surface area contributed by atoms with Gasteiger partial charge in [-0.15, -0.1) is 0 Å². The van der Waals surface area contributed by atoms with Crippen LogP contribution in [0.5, 0.6) is 0 Å². The Morgan fingerprint density at radius 1 is 0.939 bits per heavy atom. The molecule has 3 aromatic carbocycles. The molecule has 0 fully saturated rings. The highest BCUT2D eigenvalue weighted by atomic mass is 35.5. The fourth-order valence-corrected chi connectivity index (χ4v) is 4.31. The number of aryl methyl sites for hydroxylation is 1. The molecule has 0 aromatic heterocycles. The van der Waals surface area contributed by atoms with Crippen molar-refractivity contribution in [2.75, 3.05) is 0 Å². The molecule has 0 saturated carbocycles. The molecular formula is C27H30Cl2N2O2. The van der Waals surface area contributed by atoms with Gasteiger partial charge in [-0.05, 0) is 55.2 Å². The number of hydrogen-bond acceptors (Lipinski definition) is 2. The van der Waals surface area contributed by atoms with E-state index in [0.29, 0.717) is 22.0 Å². The molecule has 2 unspecified atom stereocenters. The second kappa shape index (κ2) is 11.5. The van der Waals surface area contributed by atoms with Gasteiger partial charge in [-0.25, -0.2) is 0 Å². The van der Waals surface area contributed by atoms with E-state index in [1.54, 1.807) is 30.0 Å². The molecule has 33 heavy (non-hydrogen) atoms. The summed E-state index contributed by atoms with van der Waals surface area (Å²) in [4.78, 5) is 27.9. The molecule has 174 valence electrons. The number of benzene rings is 3. The highest BCUT2D eigenvalue weighted by molar-refractivity contribution is 6.36. The van der Waals surface area contributed by atoms with Crippen LogP contribution in [0.1, 0.15) is 44.7 Å². The molecule has 3 aromatic rings. The molecule has 3 rings (SSSR count). The molecule has 0 aliphatic rings. The maximum absolute atomic E-state index is 13.4. The Labute approximate surface area is 205 Å². The number of nitrogens with one attached hydrogen (secondary N) is 1. The third kappa shape index (κ3) is 6.27. The van der Waals surface area contributed by atoms with Crippen LogP contribution in [0.25, 0.3) is 10.8 Å². The molecule has 2 atom stereocenters. The fourth-order valence-electron chi connectivity index (χ4n) is 3.80. The third-order valence-corrected chi connectivity index (χ3v) is 6.75. The number of amides is 2. The van der Waals surface area contributed by atoms with Crippen LogP contribution < -0.4 is 5.32 Å². The van der Waals surface area contributed by atoms with Crippen LogP contribution in [0.15, 0.2) is 60.7 Å². The first-order chi connectivity index (χ1) is 15.8. The second-order valence-corrected chi connectivity index (χ2v) is 9.17. The molecule has 2 amide bonds. The van der Waals surface area contributed by atoms with Gasteiger partial charge >= 0.3 is 0 Å². The number of nitrogens with zero attached hydrogens (tertiary/aromatic N) is 1. The van der Waals surface area contributed by atoms with Crippen LogP contribution in [0.4, 0.5) is 0 Å². The summed E-state index contributed by atoms with van der Waals surface area (Å²) >= 11 is 12.8. The smallest absolute Gasteiger partial charge is 0.242 e. The van der Waals surface area contributed by atoms with Gasteiger partial charge in [0.05, 0.1) is 0 Å². The van der Waals surface area contributed by atoms with E-state index in [4.69, 9.17) is 23.2 Å². The zero-order valence-electron chi connectivity index (χ0n) is 19.3. The van der Waals surface area contributed by atoms with Crippen LogP contribution in [0.3, 0.4) is 0 Å². The maximum Gasteiger partial charge on any atom is 0.242 e. The topological polar surface area (TPSA) is 49.4 Å². The molecule has 4 nitrogen and oxygen atoms in total. The highest BCUT2D eigenvalue weighted by Crippen LogP contribution is 2.27. The number of hydrogen-bond donors (Lipinski definition) is 1. The summed E-state index contributed by atoms with van der Waals surface area (Å²) < 4.78 is 0. The van der Waals surface area contributed by atoms with Gasteiger partial charge < -0.3 is 10.2 Å². The van der Waals surface area contributed by atoms with E-state index in [0.717, 1.165) is 22.8 Å². The first-order valence-electron chi connectivity index (χ1n) is 11.3. The maximum atomic E-state index is 13.4. The van der Waals surface area contributed by atoms with Crippen molar-refractivity contribution in [2.45, 2.75) is 58.7 Å². The Morgan fingerprint density at radius 3 is 2.27 bits per heavy atom. The van der Waals surface area contributed by atoms with Crippen molar-refractivity contribution in [3.63, 3.8) is 0 Å². The molecule has 0 saturated heterocycles. The van der Waals surface area contributed by atoms with Gasteiger partial charge in [0.1, 0.15) is 6.04 Å². The fraction of sp³-hybridized carbons (Fsp3) is 0.333. The minimum Gasteiger partial charge on any atom is -0.352 e. The summed E-state index contributed by atoms with van der Waals surface area (Å²) in [6.45, 7) is 5.87. The minimum absolute atomic E-state index is 0.0245. The van der Waals surface area contributed by atoms with Gasteiger partial charge in [0.25, 0.3) is 0 Å². The van der Waals surface area contributed by atoms with Gasteiger partial charge in [0, 0.05) is 34.6 Å². The largest absolute Gasteiger partial charge is 0.352 e. The third-order valence-electron chi connectivity index (χ3n) is 6.05. The van der Waals surface area contributed by atoms with Gasteiger partial charge in [-0.3, -0.25) is 9.59 Å². The average molecular weight is 485 g/mol. The summed E-state index contributed by atoms with van der Waals surface area (Å²) in [5.74, 6) is -0.309. The van der Waals surface area contributed by atoms with Crippen molar-refractivity contribution in [2.24, 2.45) is 0 Å². The van der Waals surface area contributed by atoms with Crippen LogP contribution in [0, 0.1) is 0 Å². The lowest BCUT2D eigenvalue weighted by atomic mass is 10.0. The van der Waals surface area contributed by atoms with Crippen LogP contribution >= 0.6 is 23.2 Å². The minimum atomic E-state index is -0.661. The van der Waals surface area contributed by atoms with E-state index < -0.39 is 6.04 Å². The normalized spacial score (nSPS) is 12.9. The molecule has 1 N–H and O–H groups in total. The van der Waals surface area contributed by atoms with Crippen molar-refractivity contribution < 1.29 is 9.59 Å². The SMILES string of the molecule is CCC(C)NC(=O)C(C)N(Cc1c(Cl)cccc1Cl)C(=O)CCc1cccc2ccccc12. The molecule has 6 heteroatoms. The van der Waals surface area contributed by atoms with Crippen molar-refractivity contribution >= 4 is 45.8 Å². The lowest BCUT2D eigenvalue weighted by Gasteiger charge is -2.30. The first-order valence-corrected chi connectivity index (χ1v) is 12.1. The van der Waals surface area contributed by atoms with Crippen molar-refractivity contribution in [1.29, 1.82) is 0 Å². The number of carbonyl (C=O) groups is 2. The zero-order valence-corrected chi connectivity index (χ0v) is 20.8. The average Bonchev–Trinajstić information content (AvgIpc) is 2.81. The Bertz CT molecular complexity index is 1110. The number of halogens is 2. The summed E-state index contributed by atoms with van der Waals surface area (Å²) in [6, 6.07) is 18.9. The van der Waals surface area contributed by atoms with E-state index >= 15 is 0 Å². The summed E-state index contributed by atoms with van der Waals surface area (Å²) in [5.41, 5.74) is 1.75. The molecule has 0 aliphatic heterocycles. The van der Waals surface area contributed by atoms with E-state index in [9.17, 15) is 9.59 Å². The number of carbonyl (C=O) groups excluding carboxylic acids is 2. The molecule has 0 bridgehead atoms. The van der Waals surface area contributed by atoms with E-state index in [1.165, 1.54) is 0 Å². The molecule has 0 spiro atoms. The van der Waals surface area contributed by atoms with E-state index in [2.05, 4.69) is 23.5 Å². The van der Waals surface area contributed by atoms with Crippen molar-refractivity contribution in [3.05, 3.63) is 81.8 Å². The Morgan fingerprint density at radius 2 is 1.58 bits per heavy atom. The summed E-state index contributed by atoms with van der Waals surface area (Å²) in [5, 5.41) is 6.21. The molecule has 0 aliphatic carbocycles. The van der Waals surface area contributed by atoms with Crippen LogP contribution in [0.2, 0.25) is 10.0 Å². The van der Waals surface area contributed by atoms with E-state index in [1.807, 2.05) is 38.1 Å². The molecular weight excluding hydrogens is 455 g/mol. The van der Waals surface area contributed by atoms with E-state index in [-0.39, 0.29) is 30.8 Å². The number of fused-ring (bicyclic) bond motifs is 1. The van der Waals surface area contributed by atoms with Crippen LogP contribution in [-0.2, 0) is 22.6 Å². The summed E-state index contributed by atoms with van der Waals surface area (Å²) in [6.07, 6.45) is 1.66. The number of rotatable bonds is 9. The van der Waals surface area contributed by atoms with Gasteiger partial charge in [-0.1, -0.05) is 78.7 Å². The summed E-state index contributed by atoms with van der Waals surface area (Å²) in [7, 11) is 0. The lowest BCUT2D eigenvalue weighted by molar-refractivity contribution is -0.140. The monoisotopic (exact) mass is 484 g/mol. The van der Waals surface area contributed by atoms with Gasteiger partial charge in [-0.2, -0.15) is 0 Å². The standard InChI is InChI=1S/C27H30Cl2N2O2/c1-4-18(2)30-27(33)19(3)31(17-23-24(28)13-8-14-25(23)29)26(32)16-15-21-11-7-10-20-9-5-6-12-22(20)21/h5-14,18-19H,4,15-17H2,1-3H3,(H,30,33). The quantitative estimate of drug-likeness (QED) is 0.381. The Hall–Kier alpha value is -2.56. The van der Waals surface area contributed by atoms with Crippen molar-refractivity contribution in [1.82, 2.24) is 10.2 Å². The van der Waals surface area contributed by atoms with Crippen LogP contribution in [-0.4, -0.2) is 28.8 Å². The highest BCUT2D eigenvalue weighted by Gasteiger charge is 2.28.